The van der Waals surface area contributed by atoms with Crippen LogP contribution in [-0.4, -0.2) is 30.5 Å². The van der Waals surface area contributed by atoms with Crippen molar-refractivity contribution in [2.75, 3.05) is 19.6 Å². The lowest BCUT2D eigenvalue weighted by atomic mass is 9.84. The summed E-state index contributed by atoms with van der Waals surface area (Å²) in [5, 5.41) is 9.65. The lowest BCUT2D eigenvalue weighted by Crippen LogP contribution is -2.33. The Labute approximate surface area is 131 Å². The summed E-state index contributed by atoms with van der Waals surface area (Å²) in [6.45, 7) is 5.22. The van der Waals surface area contributed by atoms with Gasteiger partial charge in [-0.05, 0) is 57.0 Å². The quantitative estimate of drug-likeness (QED) is 0.726. The summed E-state index contributed by atoms with van der Waals surface area (Å²) < 4.78 is 0. The van der Waals surface area contributed by atoms with Crippen molar-refractivity contribution in [1.82, 2.24) is 15.6 Å². The van der Waals surface area contributed by atoms with E-state index >= 15 is 0 Å². The molecule has 0 saturated carbocycles. The van der Waals surface area contributed by atoms with Crippen LogP contribution >= 0.6 is 11.3 Å². The van der Waals surface area contributed by atoms with E-state index in [1.54, 1.807) is 11.3 Å². The molecule has 0 bridgehead atoms. The Morgan fingerprint density at radius 3 is 3.00 bits per heavy atom. The second-order valence-electron chi connectivity index (χ2n) is 6.00. The molecular formula is C16H27N3OS. The SMILES string of the molecule is C[C@@H](CC(=O)NCCCCc1nccs1)C1CCNCC1. The minimum absolute atomic E-state index is 0.218. The van der Waals surface area contributed by atoms with Gasteiger partial charge in [-0.2, -0.15) is 0 Å². The fourth-order valence-electron chi connectivity index (χ4n) is 2.95. The highest BCUT2D eigenvalue weighted by atomic mass is 32.1. The smallest absolute Gasteiger partial charge is 0.220 e. The number of aromatic nitrogens is 1. The first-order valence-corrected chi connectivity index (χ1v) is 8.99. The molecule has 2 rings (SSSR count). The lowest BCUT2D eigenvalue weighted by molar-refractivity contribution is -0.122. The molecule has 0 unspecified atom stereocenters. The average Bonchev–Trinajstić information content (AvgIpc) is 3.01. The van der Waals surface area contributed by atoms with Crippen molar-refractivity contribution in [2.24, 2.45) is 11.8 Å². The summed E-state index contributed by atoms with van der Waals surface area (Å²) in [5.41, 5.74) is 0. The largest absolute Gasteiger partial charge is 0.356 e. The Bertz CT molecular complexity index is 402. The van der Waals surface area contributed by atoms with Gasteiger partial charge in [0, 0.05) is 24.5 Å². The van der Waals surface area contributed by atoms with Crippen LogP contribution in [0.3, 0.4) is 0 Å². The zero-order valence-electron chi connectivity index (χ0n) is 12.9. The molecule has 1 atom stereocenters. The maximum Gasteiger partial charge on any atom is 0.220 e. The van der Waals surface area contributed by atoms with E-state index in [4.69, 9.17) is 0 Å². The number of rotatable bonds is 8. The Morgan fingerprint density at radius 1 is 1.48 bits per heavy atom. The third-order valence-electron chi connectivity index (χ3n) is 4.32. The van der Waals surface area contributed by atoms with Crippen molar-refractivity contribution in [1.29, 1.82) is 0 Å². The first-order valence-electron chi connectivity index (χ1n) is 8.11. The van der Waals surface area contributed by atoms with Gasteiger partial charge in [-0.15, -0.1) is 11.3 Å². The van der Waals surface area contributed by atoms with Gasteiger partial charge in [0.15, 0.2) is 0 Å². The van der Waals surface area contributed by atoms with E-state index in [2.05, 4.69) is 22.5 Å². The van der Waals surface area contributed by atoms with Crippen LogP contribution in [0.1, 0.15) is 44.0 Å². The van der Waals surface area contributed by atoms with Crippen molar-refractivity contribution < 1.29 is 4.79 Å². The summed E-state index contributed by atoms with van der Waals surface area (Å²) in [7, 11) is 0. The van der Waals surface area contributed by atoms with Gasteiger partial charge >= 0.3 is 0 Å². The number of hydrogen-bond acceptors (Lipinski definition) is 4. The predicted octanol–water partition coefficient (Wildman–Crippen LogP) is 2.61. The molecule has 4 nitrogen and oxygen atoms in total. The molecule has 0 spiro atoms. The van der Waals surface area contributed by atoms with E-state index < -0.39 is 0 Å². The van der Waals surface area contributed by atoms with Gasteiger partial charge in [0.2, 0.25) is 5.91 Å². The highest BCUT2D eigenvalue weighted by molar-refractivity contribution is 7.09. The van der Waals surface area contributed by atoms with Crippen LogP contribution in [-0.2, 0) is 11.2 Å². The summed E-state index contributed by atoms with van der Waals surface area (Å²) in [4.78, 5) is 16.2. The second-order valence-corrected chi connectivity index (χ2v) is 6.98. The number of amides is 1. The van der Waals surface area contributed by atoms with Crippen molar-refractivity contribution in [3.8, 4) is 0 Å². The number of thiazole rings is 1. The Balaban J connectivity index is 1.52. The summed E-state index contributed by atoms with van der Waals surface area (Å²) in [5.74, 6) is 1.43. The second kappa shape index (κ2) is 9.15. The van der Waals surface area contributed by atoms with Gasteiger partial charge in [-0.25, -0.2) is 4.98 Å². The normalized spacial score (nSPS) is 17.6. The molecule has 118 valence electrons. The maximum absolute atomic E-state index is 12.0. The van der Waals surface area contributed by atoms with E-state index in [-0.39, 0.29) is 5.91 Å². The Hall–Kier alpha value is -0.940. The summed E-state index contributed by atoms with van der Waals surface area (Å²) in [6, 6.07) is 0. The van der Waals surface area contributed by atoms with Crippen LogP contribution in [0, 0.1) is 11.8 Å². The van der Waals surface area contributed by atoms with Gasteiger partial charge in [-0.1, -0.05) is 6.92 Å². The van der Waals surface area contributed by atoms with Crippen molar-refractivity contribution in [3.05, 3.63) is 16.6 Å². The highest BCUT2D eigenvalue weighted by Crippen LogP contribution is 2.24. The number of nitrogens with zero attached hydrogens (tertiary/aromatic N) is 1. The number of unbranched alkanes of at least 4 members (excludes halogenated alkanes) is 1. The molecule has 21 heavy (non-hydrogen) atoms. The topological polar surface area (TPSA) is 54.0 Å². The van der Waals surface area contributed by atoms with E-state index in [1.807, 2.05) is 11.6 Å². The summed E-state index contributed by atoms with van der Waals surface area (Å²) >= 11 is 1.71. The minimum atomic E-state index is 0.218. The molecule has 1 aliphatic heterocycles. The number of nitrogens with one attached hydrogen (secondary N) is 2. The molecule has 1 aliphatic rings. The van der Waals surface area contributed by atoms with Gasteiger partial charge in [0.1, 0.15) is 0 Å². The van der Waals surface area contributed by atoms with Gasteiger partial charge in [0.25, 0.3) is 0 Å². The van der Waals surface area contributed by atoms with E-state index in [0.717, 1.165) is 38.9 Å². The molecule has 1 saturated heterocycles. The van der Waals surface area contributed by atoms with E-state index in [0.29, 0.717) is 18.3 Å². The molecule has 0 radical (unpaired) electrons. The standard InChI is InChI=1S/C16H27N3OS/c1-13(14-5-8-17-9-6-14)12-15(20)18-7-3-2-4-16-19-10-11-21-16/h10-11,13-14,17H,2-9,12H2,1H3,(H,18,20)/t13-/m0/s1. The molecular weight excluding hydrogens is 282 g/mol. The zero-order chi connectivity index (χ0) is 14.9. The van der Waals surface area contributed by atoms with E-state index in [1.165, 1.54) is 17.8 Å². The first-order chi connectivity index (χ1) is 10.3. The van der Waals surface area contributed by atoms with E-state index in [9.17, 15) is 4.79 Å². The van der Waals surface area contributed by atoms with Gasteiger partial charge in [-0.3, -0.25) is 4.79 Å². The molecule has 0 aromatic carbocycles. The number of piperidine rings is 1. The number of aryl methyl sites for hydroxylation is 1. The molecule has 1 aromatic heterocycles. The number of carbonyl (C=O) groups excluding carboxylic acids is 1. The lowest BCUT2D eigenvalue weighted by Gasteiger charge is -2.27. The van der Waals surface area contributed by atoms with Crippen LogP contribution in [0.25, 0.3) is 0 Å². The van der Waals surface area contributed by atoms with Crippen molar-refractivity contribution in [3.63, 3.8) is 0 Å². The highest BCUT2D eigenvalue weighted by Gasteiger charge is 2.21. The fraction of sp³-hybridized carbons (Fsp3) is 0.750. The third kappa shape index (κ3) is 6.14. The van der Waals surface area contributed by atoms with Gasteiger partial charge in [0.05, 0.1) is 5.01 Å². The average molecular weight is 309 g/mol. The molecule has 1 aromatic rings. The summed E-state index contributed by atoms with van der Waals surface area (Å²) in [6.07, 6.45) is 8.11. The van der Waals surface area contributed by atoms with Crippen LogP contribution in [0.15, 0.2) is 11.6 Å². The molecule has 1 amide bonds. The first kappa shape index (κ1) is 16.4. The fourth-order valence-corrected chi connectivity index (χ4v) is 3.61. The molecule has 1 fully saturated rings. The molecule has 0 aliphatic carbocycles. The molecule has 2 N–H and O–H groups in total. The maximum atomic E-state index is 12.0. The third-order valence-corrected chi connectivity index (χ3v) is 5.16. The van der Waals surface area contributed by atoms with Crippen LogP contribution in [0.2, 0.25) is 0 Å². The molecule has 5 heteroatoms. The minimum Gasteiger partial charge on any atom is -0.356 e. The van der Waals surface area contributed by atoms with Crippen LogP contribution < -0.4 is 10.6 Å². The van der Waals surface area contributed by atoms with Crippen LogP contribution in [0.5, 0.6) is 0 Å². The number of hydrogen-bond donors (Lipinski definition) is 2. The monoisotopic (exact) mass is 309 g/mol. The van der Waals surface area contributed by atoms with Crippen LogP contribution in [0.4, 0.5) is 0 Å². The zero-order valence-corrected chi connectivity index (χ0v) is 13.8. The Morgan fingerprint density at radius 2 is 2.29 bits per heavy atom. The Kier molecular flexibility index (Phi) is 7.16. The number of carbonyl (C=O) groups is 1. The van der Waals surface area contributed by atoms with Crippen molar-refractivity contribution in [2.45, 2.75) is 45.4 Å². The molecule has 2 heterocycles. The predicted molar refractivity (Wildman–Crippen MR) is 87.4 cm³/mol. The van der Waals surface area contributed by atoms with Crippen molar-refractivity contribution >= 4 is 17.2 Å². The van der Waals surface area contributed by atoms with Gasteiger partial charge < -0.3 is 10.6 Å².